The van der Waals surface area contributed by atoms with Gasteiger partial charge in [0.15, 0.2) is 0 Å². The van der Waals surface area contributed by atoms with E-state index in [0.717, 1.165) is 17.8 Å². The molecule has 23 heavy (non-hydrogen) atoms. The van der Waals surface area contributed by atoms with Gasteiger partial charge in [-0.3, -0.25) is 14.5 Å². The second-order valence-corrected chi connectivity index (χ2v) is 5.58. The summed E-state index contributed by atoms with van der Waals surface area (Å²) < 4.78 is 7.44. The summed E-state index contributed by atoms with van der Waals surface area (Å²) in [6.07, 6.45) is 4.14. The van der Waals surface area contributed by atoms with Crippen molar-refractivity contribution in [2.75, 3.05) is 6.54 Å². The van der Waals surface area contributed by atoms with Crippen molar-refractivity contribution in [1.29, 1.82) is 0 Å². The zero-order valence-corrected chi connectivity index (χ0v) is 14.2. The Kier molecular flexibility index (Phi) is 5.73. The molecule has 2 rings (SSSR count). The number of amides is 1. The molecule has 0 bridgehead atoms. The highest BCUT2D eigenvalue weighted by Gasteiger charge is 2.13. The number of carbonyl (C=O) groups is 1. The van der Waals surface area contributed by atoms with Gasteiger partial charge in [-0.25, -0.2) is 0 Å². The Morgan fingerprint density at radius 2 is 2.22 bits per heavy atom. The molecule has 0 aliphatic carbocycles. The Morgan fingerprint density at radius 1 is 1.43 bits per heavy atom. The molecule has 0 aliphatic heterocycles. The number of nitrogens with zero attached hydrogens (tertiary/aromatic N) is 3. The van der Waals surface area contributed by atoms with E-state index < -0.39 is 0 Å². The van der Waals surface area contributed by atoms with Crippen LogP contribution in [0.2, 0.25) is 0 Å². The molecule has 1 N–H and O–H groups in total. The molecule has 124 valence electrons. The fourth-order valence-corrected chi connectivity index (χ4v) is 2.54. The fraction of sp³-hybridized carbons (Fsp3) is 0.471. The van der Waals surface area contributed by atoms with Crippen LogP contribution < -0.4 is 10.1 Å². The third kappa shape index (κ3) is 4.55. The maximum absolute atomic E-state index is 12.1. The summed E-state index contributed by atoms with van der Waals surface area (Å²) in [7, 11) is 0. The lowest BCUT2D eigenvalue weighted by atomic mass is 10.1. The molecule has 6 heteroatoms. The van der Waals surface area contributed by atoms with E-state index in [2.05, 4.69) is 22.3 Å². The quantitative estimate of drug-likeness (QED) is 0.849. The van der Waals surface area contributed by atoms with Crippen LogP contribution in [0.4, 0.5) is 0 Å². The third-order valence-corrected chi connectivity index (χ3v) is 3.74. The zero-order valence-electron chi connectivity index (χ0n) is 14.2. The van der Waals surface area contributed by atoms with Crippen molar-refractivity contribution in [3.63, 3.8) is 0 Å². The van der Waals surface area contributed by atoms with Crippen LogP contribution in [0.3, 0.4) is 0 Å². The van der Waals surface area contributed by atoms with E-state index in [1.165, 1.54) is 5.56 Å². The monoisotopic (exact) mass is 316 g/mol. The molecule has 1 atom stereocenters. The molecule has 0 saturated carbocycles. The van der Waals surface area contributed by atoms with Gasteiger partial charge in [-0.15, -0.1) is 0 Å². The first-order chi connectivity index (χ1) is 11.0. The number of aromatic nitrogens is 3. The molecule has 0 aromatic carbocycles. The second-order valence-electron chi connectivity index (χ2n) is 5.58. The number of pyridine rings is 1. The fourth-order valence-electron chi connectivity index (χ4n) is 2.54. The van der Waals surface area contributed by atoms with E-state index in [1.54, 1.807) is 17.1 Å². The minimum Gasteiger partial charge on any atom is -0.487 e. The molecule has 0 spiro atoms. The van der Waals surface area contributed by atoms with Gasteiger partial charge >= 0.3 is 0 Å². The van der Waals surface area contributed by atoms with E-state index in [0.29, 0.717) is 12.3 Å². The Balaban J connectivity index is 1.83. The van der Waals surface area contributed by atoms with Crippen LogP contribution in [0.1, 0.15) is 30.8 Å². The molecule has 0 fully saturated rings. The van der Waals surface area contributed by atoms with Gasteiger partial charge in [0.2, 0.25) is 5.91 Å². The van der Waals surface area contributed by atoms with Crippen LogP contribution in [0.25, 0.3) is 0 Å². The maximum Gasteiger partial charge on any atom is 0.241 e. The predicted molar refractivity (Wildman–Crippen MR) is 88.4 cm³/mol. The van der Waals surface area contributed by atoms with Gasteiger partial charge in [0.05, 0.1) is 18.4 Å². The smallest absolute Gasteiger partial charge is 0.241 e. The van der Waals surface area contributed by atoms with E-state index in [1.807, 2.05) is 32.9 Å². The molecule has 2 aromatic rings. The molecule has 0 radical (unpaired) electrons. The molecule has 0 aliphatic rings. The highest BCUT2D eigenvalue weighted by molar-refractivity contribution is 5.75. The number of rotatable bonds is 7. The van der Waals surface area contributed by atoms with Gasteiger partial charge in [0, 0.05) is 11.9 Å². The van der Waals surface area contributed by atoms with Crippen molar-refractivity contribution in [2.24, 2.45) is 0 Å². The van der Waals surface area contributed by atoms with Crippen molar-refractivity contribution in [1.82, 2.24) is 20.1 Å². The number of carbonyl (C=O) groups excluding carboxylic acids is 1. The van der Waals surface area contributed by atoms with Crippen LogP contribution in [0, 0.1) is 13.8 Å². The average molecular weight is 316 g/mol. The van der Waals surface area contributed by atoms with Crippen LogP contribution >= 0.6 is 0 Å². The van der Waals surface area contributed by atoms with Crippen molar-refractivity contribution in [3.8, 4) is 5.75 Å². The summed E-state index contributed by atoms with van der Waals surface area (Å²) >= 11 is 0. The molecular weight excluding hydrogens is 292 g/mol. The van der Waals surface area contributed by atoms with Crippen molar-refractivity contribution < 1.29 is 9.53 Å². The SMILES string of the molecule is CCc1c(C)nn(CC(=O)NCC(C)Oc2cccnc2)c1C. The summed E-state index contributed by atoms with van der Waals surface area (Å²) in [5, 5.41) is 7.31. The van der Waals surface area contributed by atoms with Gasteiger partial charge < -0.3 is 10.1 Å². The Morgan fingerprint density at radius 3 is 2.83 bits per heavy atom. The van der Waals surface area contributed by atoms with E-state index in [4.69, 9.17) is 4.74 Å². The molecule has 6 nitrogen and oxygen atoms in total. The van der Waals surface area contributed by atoms with E-state index >= 15 is 0 Å². The molecule has 2 aromatic heterocycles. The normalized spacial score (nSPS) is 12.0. The second kappa shape index (κ2) is 7.76. The van der Waals surface area contributed by atoms with Crippen LogP contribution in [-0.2, 0) is 17.8 Å². The van der Waals surface area contributed by atoms with Gasteiger partial charge in [0.1, 0.15) is 18.4 Å². The topological polar surface area (TPSA) is 69.0 Å². The highest BCUT2D eigenvalue weighted by Crippen LogP contribution is 2.13. The first-order valence-corrected chi connectivity index (χ1v) is 7.87. The highest BCUT2D eigenvalue weighted by atomic mass is 16.5. The first kappa shape index (κ1) is 17.0. The first-order valence-electron chi connectivity index (χ1n) is 7.87. The van der Waals surface area contributed by atoms with E-state index in [-0.39, 0.29) is 18.6 Å². The summed E-state index contributed by atoms with van der Waals surface area (Å²) in [4.78, 5) is 16.1. The standard InChI is InChI=1S/C17H24N4O2/c1-5-16-13(3)20-21(14(16)4)11-17(22)19-9-12(2)23-15-7-6-8-18-10-15/h6-8,10,12H,5,9,11H2,1-4H3,(H,19,22). The van der Waals surface area contributed by atoms with Crippen LogP contribution in [0.5, 0.6) is 5.75 Å². The van der Waals surface area contributed by atoms with Crippen molar-refractivity contribution in [3.05, 3.63) is 41.5 Å². The molecule has 1 amide bonds. The molecule has 1 unspecified atom stereocenters. The molecule has 2 heterocycles. The molecular formula is C17H24N4O2. The minimum atomic E-state index is -0.130. The van der Waals surface area contributed by atoms with Gasteiger partial charge in [-0.05, 0) is 44.9 Å². The van der Waals surface area contributed by atoms with Crippen molar-refractivity contribution in [2.45, 2.75) is 46.8 Å². The summed E-state index contributed by atoms with van der Waals surface area (Å²) in [5.74, 6) is 0.625. The van der Waals surface area contributed by atoms with Crippen LogP contribution in [0.15, 0.2) is 24.5 Å². The Bertz CT molecular complexity index is 652. The summed E-state index contributed by atoms with van der Waals surface area (Å²) in [6, 6.07) is 3.66. The lowest BCUT2D eigenvalue weighted by Gasteiger charge is -2.15. The van der Waals surface area contributed by atoms with Gasteiger partial charge in [-0.2, -0.15) is 5.10 Å². The zero-order chi connectivity index (χ0) is 16.8. The van der Waals surface area contributed by atoms with Crippen LogP contribution in [-0.4, -0.2) is 33.3 Å². The van der Waals surface area contributed by atoms with Gasteiger partial charge in [0.25, 0.3) is 0 Å². The maximum atomic E-state index is 12.1. The molecule has 0 saturated heterocycles. The number of ether oxygens (including phenoxy) is 1. The lowest BCUT2D eigenvalue weighted by molar-refractivity contribution is -0.122. The minimum absolute atomic E-state index is 0.0695. The van der Waals surface area contributed by atoms with Crippen molar-refractivity contribution >= 4 is 5.91 Å². The Labute approximate surface area is 136 Å². The number of hydrogen-bond acceptors (Lipinski definition) is 4. The largest absolute Gasteiger partial charge is 0.487 e. The summed E-state index contributed by atoms with van der Waals surface area (Å²) in [5.41, 5.74) is 3.26. The van der Waals surface area contributed by atoms with Gasteiger partial charge in [-0.1, -0.05) is 6.92 Å². The lowest BCUT2D eigenvalue weighted by Crippen LogP contribution is -2.36. The average Bonchev–Trinajstić information content (AvgIpc) is 2.80. The van der Waals surface area contributed by atoms with E-state index in [9.17, 15) is 4.79 Å². The number of hydrogen-bond donors (Lipinski definition) is 1. The number of nitrogens with one attached hydrogen (secondary N) is 1. The number of aryl methyl sites for hydroxylation is 1. The Hall–Kier alpha value is -2.37. The predicted octanol–water partition coefficient (Wildman–Crippen LogP) is 2.04. The summed E-state index contributed by atoms with van der Waals surface area (Å²) in [6.45, 7) is 8.65. The third-order valence-electron chi connectivity index (χ3n) is 3.74.